The van der Waals surface area contributed by atoms with Gasteiger partial charge < -0.3 is 105 Å². The first kappa shape index (κ1) is 37.0. The third-order valence-corrected chi connectivity index (χ3v) is 8.21. The standard InChI is InChI=1S/C24H42O21/c25-1-5-10(30)12(32)20(21(38)39-5)45-24-17(37)14(34)19(8(4-28)42-24)44-23-16(36)13(33)18(7(3-27)41-23)43-22-15(35)11(31)9(29)6(2-26)40-22/h5-38H,1-4H2/t5-,6-,7-,8-,9-,10-,11+,12+,13-,14-,15-,16-,17-,18-,19-,20-,21-,22-,23-,24+/m1/s1. The van der Waals surface area contributed by atoms with Gasteiger partial charge in [0.1, 0.15) is 97.7 Å². The highest BCUT2D eigenvalue weighted by Crippen LogP contribution is 2.34. The van der Waals surface area contributed by atoms with Crippen LogP contribution >= 0.6 is 0 Å². The Hall–Kier alpha value is -0.840. The first-order valence-electron chi connectivity index (χ1n) is 14.1. The van der Waals surface area contributed by atoms with Crippen LogP contribution in [0.25, 0.3) is 0 Å². The van der Waals surface area contributed by atoms with E-state index in [9.17, 15) is 71.5 Å². The molecule has 0 spiro atoms. The first-order chi connectivity index (χ1) is 21.3. The van der Waals surface area contributed by atoms with Gasteiger partial charge in [0.2, 0.25) is 0 Å². The minimum Gasteiger partial charge on any atom is -0.394 e. The topological polar surface area (TPSA) is 348 Å². The number of rotatable bonds is 10. The van der Waals surface area contributed by atoms with Gasteiger partial charge in [0, 0.05) is 0 Å². The monoisotopic (exact) mass is 666 g/mol. The van der Waals surface area contributed by atoms with Crippen LogP contribution < -0.4 is 0 Å². The van der Waals surface area contributed by atoms with Crippen molar-refractivity contribution >= 4 is 0 Å². The SMILES string of the molecule is OC[C@H]1O[C@H](O[C@H]2[C@H](O)[C@@H](O)[C@@H](O[C@H]3[C@H](O)[C@@H](O)[C@H](O[C@@H]4[C@@H](O)[C@H](O)[C@@H](CO)O[C@H]4O)O[C@@H]3CO)O[C@@H]2CO)[C@H](O)[C@@H](O)[C@@H]1O. The van der Waals surface area contributed by atoms with Gasteiger partial charge in [-0.15, -0.1) is 0 Å². The fourth-order valence-electron chi connectivity index (χ4n) is 5.53. The van der Waals surface area contributed by atoms with Gasteiger partial charge in [0.25, 0.3) is 0 Å². The molecule has 0 amide bonds. The smallest absolute Gasteiger partial charge is 0.187 e. The van der Waals surface area contributed by atoms with E-state index in [0.717, 1.165) is 0 Å². The van der Waals surface area contributed by atoms with Crippen LogP contribution in [0.4, 0.5) is 0 Å². The summed E-state index contributed by atoms with van der Waals surface area (Å²) < 4.78 is 37.5. The summed E-state index contributed by atoms with van der Waals surface area (Å²) in [5, 5.41) is 142. The molecule has 4 rings (SSSR count). The lowest BCUT2D eigenvalue weighted by atomic mass is 9.95. The first-order valence-corrected chi connectivity index (χ1v) is 14.1. The number of aliphatic hydroxyl groups excluding tert-OH is 14. The van der Waals surface area contributed by atoms with E-state index in [1.54, 1.807) is 0 Å². The average molecular weight is 667 g/mol. The molecule has 21 nitrogen and oxygen atoms in total. The van der Waals surface area contributed by atoms with Gasteiger partial charge in [-0.25, -0.2) is 0 Å². The van der Waals surface area contributed by atoms with E-state index in [-0.39, 0.29) is 0 Å². The zero-order valence-electron chi connectivity index (χ0n) is 23.5. The van der Waals surface area contributed by atoms with Crippen molar-refractivity contribution in [1.29, 1.82) is 0 Å². The molecule has 0 aromatic carbocycles. The molecular weight excluding hydrogens is 624 g/mol. The minimum absolute atomic E-state index is 0.754. The lowest BCUT2D eigenvalue weighted by Gasteiger charge is -2.48. The van der Waals surface area contributed by atoms with Crippen LogP contribution in [0.1, 0.15) is 0 Å². The molecule has 0 saturated carbocycles. The molecule has 4 aliphatic rings. The summed E-state index contributed by atoms with van der Waals surface area (Å²) in [5.41, 5.74) is 0. The van der Waals surface area contributed by atoms with Crippen LogP contribution in [-0.4, -0.2) is 221 Å². The summed E-state index contributed by atoms with van der Waals surface area (Å²) in [4.78, 5) is 0. The predicted molar refractivity (Wildman–Crippen MR) is 134 cm³/mol. The van der Waals surface area contributed by atoms with E-state index < -0.39 is 149 Å². The molecule has 45 heavy (non-hydrogen) atoms. The molecule has 0 aromatic rings. The Labute approximate surface area is 254 Å². The molecule has 21 heteroatoms. The van der Waals surface area contributed by atoms with Crippen LogP contribution in [0.2, 0.25) is 0 Å². The molecule has 0 bridgehead atoms. The molecular formula is C24H42O21. The molecule has 4 aliphatic heterocycles. The second-order valence-corrected chi connectivity index (χ2v) is 11.1. The number of hydrogen-bond donors (Lipinski definition) is 14. The molecule has 20 atom stereocenters. The minimum atomic E-state index is -2.02. The summed E-state index contributed by atoms with van der Waals surface area (Å²) in [7, 11) is 0. The summed E-state index contributed by atoms with van der Waals surface area (Å²) in [6, 6.07) is 0. The van der Waals surface area contributed by atoms with E-state index in [1.807, 2.05) is 0 Å². The Morgan fingerprint density at radius 2 is 0.644 bits per heavy atom. The largest absolute Gasteiger partial charge is 0.394 e. The zero-order valence-corrected chi connectivity index (χ0v) is 23.5. The molecule has 0 aliphatic carbocycles. The third-order valence-electron chi connectivity index (χ3n) is 8.21. The maximum atomic E-state index is 10.8. The van der Waals surface area contributed by atoms with Crippen molar-refractivity contribution in [3.8, 4) is 0 Å². The molecule has 4 heterocycles. The zero-order chi connectivity index (χ0) is 33.3. The Balaban J connectivity index is 1.42. The van der Waals surface area contributed by atoms with Crippen LogP contribution in [0.5, 0.6) is 0 Å². The summed E-state index contributed by atoms with van der Waals surface area (Å²) >= 11 is 0. The molecule has 264 valence electrons. The number of aliphatic hydroxyl groups is 14. The summed E-state index contributed by atoms with van der Waals surface area (Å²) in [6.45, 7) is -3.34. The van der Waals surface area contributed by atoms with Gasteiger partial charge in [-0.2, -0.15) is 0 Å². The van der Waals surface area contributed by atoms with Crippen molar-refractivity contribution in [2.75, 3.05) is 26.4 Å². The Morgan fingerprint density at radius 3 is 1.07 bits per heavy atom. The Morgan fingerprint density at radius 1 is 0.333 bits per heavy atom. The number of ether oxygens (including phenoxy) is 7. The number of hydrogen-bond acceptors (Lipinski definition) is 21. The van der Waals surface area contributed by atoms with Gasteiger partial charge >= 0.3 is 0 Å². The lowest BCUT2D eigenvalue weighted by Crippen LogP contribution is -2.67. The van der Waals surface area contributed by atoms with Gasteiger partial charge in [-0.1, -0.05) is 0 Å². The highest BCUT2D eigenvalue weighted by molar-refractivity contribution is 4.97. The second-order valence-electron chi connectivity index (χ2n) is 11.1. The summed E-state index contributed by atoms with van der Waals surface area (Å²) in [5.74, 6) is 0. The van der Waals surface area contributed by atoms with Crippen molar-refractivity contribution in [2.24, 2.45) is 0 Å². The highest BCUT2D eigenvalue weighted by Gasteiger charge is 2.55. The third kappa shape index (κ3) is 7.44. The van der Waals surface area contributed by atoms with Gasteiger partial charge in [-0.3, -0.25) is 0 Å². The maximum Gasteiger partial charge on any atom is 0.187 e. The second kappa shape index (κ2) is 15.6. The van der Waals surface area contributed by atoms with Crippen molar-refractivity contribution in [3.63, 3.8) is 0 Å². The summed E-state index contributed by atoms with van der Waals surface area (Å²) in [6.07, 6.45) is -35.4. The molecule has 0 aromatic heterocycles. The van der Waals surface area contributed by atoms with Gasteiger partial charge in [0.15, 0.2) is 25.2 Å². The van der Waals surface area contributed by atoms with Crippen LogP contribution in [0.15, 0.2) is 0 Å². The Bertz CT molecular complexity index is 912. The predicted octanol–water partition coefficient (Wildman–Crippen LogP) is -9.75. The van der Waals surface area contributed by atoms with Crippen LogP contribution in [-0.2, 0) is 33.2 Å². The quantitative estimate of drug-likeness (QED) is 0.103. The normalized spacial score (nSPS) is 52.9. The fraction of sp³-hybridized carbons (Fsp3) is 1.00. The molecule has 0 radical (unpaired) electrons. The van der Waals surface area contributed by atoms with E-state index >= 15 is 0 Å². The molecule has 4 saturated heterocycles. The molecule has 14 N–H and O–H groups in total. The fourth-order valence-corrected chi connectivity index (χ4v) is 5.53. The van der Waals surface area contributed by atoms with E-state index in [4.69, 9.17) is 33.2 Å². The van der Waals surface area contributed by atoms with Crippen molar-refractivity contribution in [2.45, 2.75) is 123 Å². The van der Waals surface area contributed by atoms with Crippen LogP contribution in [0, 0.1) is 0 Å². The highest BCUT2D eigenvalue weighted by atomic mass is 16.8. The maximum absolute atomic E-state index is 10.8. The van der Waals surface area contributed by atoms with Crippen molar-refractivity contribution in [1.82, 2.24) is 0 Å². The molecule has 0 unspecified atom stereocenters. The van der Waals surface area contributed by atoms with E-state index in [2.05, 4.69) is 0 Å². The Kier molecular flexibility index (Phi) is 12.8. The van der Waals surface area contributed by atoms with E-state index in [0.29, 0.717) is 0 Å². The van der Waals surface area contributed by atoms with Crippen molar-refractivity contribution in [3.05, 3.63) is 0 Å². The van der Waals surface area contributed by atoms with Gasteiger partial charge in [-0.05, 0) is 0 Å². The van der Waals surface area contributed by atoms with E-state index in [1.165, 1.54) is 0 Å². The van der Waals surface area contributed by atoms with Crippen molar-refractivity contribution < 1.29 is 105 Å². The van der Waals surface area contributed by atoms with Gasteiger partial charge in [0.05, 0.1) is 26.4 Å². The molecule has 4 fully saturated rings. The average Bonchev–Trinajstić information content (AvgIpc) is 3.03. The van der Waals surface area contributed by atoms with Crippen LogP contribution in [0.3, 0.4) is 0 Å². The lowest BCUT2D eigenvalue weighted by molar-refractivity contribution is -0.390.